The Hall–Kier alpha value is -3.93. The number of benzene rings is 2. The molecule has 0 aromatic heterocycles. The first kappa shape index (κ1) is 31.5. The SMILES string of the molecule is CCN(CC)Cc1ccc(OC)c(-c2ccc(O)c3c2C[C@H]2C[C@H]4[C@H](N(C)C)C(=O)C(C(N)=O)C(=O)[C@@]4(O)C(=O)C2C3=O)c1. The quantitative estimate of drug-likeness (QED) is 0.374. The Labute approximate surface area is 256 Å². The van der Waals surface area contributed by atoms with Crippen LogP contribution in [-0.4, -0.2) is 95.0 Å². The minimum absolute atomic E-state index is 0.0157. The third kappa shape index (κ3) is 4.65. The molecule has 0 spiro atoms. The molecule has 0 radical (unpaired) electrons. The Morgan fingerprint density at radius 3 is 2.32 bits per heavy atom. The van der Waals surface area contributed by atoms with Gasteiger partial charge in [-0.05, 0) is 80.8 Å². The molecule has 3 aliphatic carbocycles. The number of carbonyl (C=O) groups excluding carboxylic acids is 5. The maximum Gasteiger partial charge on any atom is 0.235 e. The van der Waals surface area contributed by atoms with Gasteiger partial charge < -0.3 is 20.7 Å². The number of aromatic hydroxyl groups is 1. The van der Waals surface area contributed by atoms with Gasteiger partial charge in [-0.3, -0.25) is 33.8 Å². The summed E-state index contributed by atoms with van der Waals surface area (Å²) in [6.45, 7) is 6.60. The molecule has 2 fully saturated rings. The number of hydrogen-bond acceptors (Lipinski definition) is 10. The van der Waals surface area contributed by atoms with E-state index in [0.29, 0.717) is 23.4 Å². The van der Waals surface area contributed by atoms with Crippen molar-refractivity contribution in [1.29, 1.82) is 0 Å². The lowest BCUT2D eigenvalue weighted by Gasteiger charge is -2.52. The van der Waals surface area contributed by atoms with Crippen LogP contribution < -0.4 is 10.5 Å². The third-order valence-corrected chi connectivity index (χ3v) is 9.80. The van der Waals surface area contributed by atoms with E-state index >= 15 is 0 Å². The van der Waals surface area contributed by atoms with E-state index in [-0.39, 0.29) is 24.2 Å². The Morgan fingerprint density at radius 2 is 1.73 bits per heavy atom. The number of aliphatic hydroxyl groups is 1. The van der Waals surface area contributed by atoms with Crippen molar-refractivity contribution in [3.05, 3.63) is 47.0 Å². The van der Waals surface area contributed by atoms with Crippen LogP contribution in [0.3, 0.4) is 0 Å². The summed E-state index contributed by atoms with van der Waals surface area (Å²) >= 11 is 0. The van der Waals surface area contributed by atoms with Crippen LogP contribution in [0.15, 0.2) is 30.3 Å². The molecule has 5 rings (SSSR count). The average molecular weight is 606 g/mol. The topological polar surface area (TPSA) is 168 Å². The number of carbonyl (C=O) groups is 5. The van der Waals surface area contributed by atoms with Gasteiger partial charge in [0, 0.05) is 18.0 Å². The number of rotatable bonds is 8. The minimum Gasteiger partial charge on any atom is -0.507 e. The number of ether oxygens (including phenoxy) is 1. The van der Waals surface area contributed by atoms with Gasteiger partial charge in [-0.15, -0.1) is 0 Å². The molecular weight excluding hydrogens is 566 g/mol. The molecule has 6 atom stereocenters. The predicted molar refractivity (Wildman–Crippen MR) is 160 cm³/mol. The van der Waals surface area contributed by atoms with Crippen LogP contribution in [0.1, 0.15) is 41.8 Å². The number of phenolic OH excluding ortho intramolecular Hbond substituents is 1. The van der Waals surface area contributed by atoms with Crippen molar-refractivity contribution in [3.63, 3.8) is 0 Å². The Bertz CT molecular complexity index is 1560. The molecule has 11 nitrogen and oxygen atoms in total. The van der Waals surface area contributed by atoms with E-state index in [1.165, 1.54) is 11.0 Å². The lowest BCUT2D eigenvalue weighted by Crippen LogP contribution is -2.74. The Morgan fingerprint density at radius 1 is 1.05 bits per heavy atom. The highest BCUT2D eigenvalue weighted by Crippen LogP contribution is 2.52. The number of methoxy groups -OCH3 is 1. The molecule has 2 aromatic rings. The molecule has 0 heterocycles. The van der Waals surface area contributed by atoms with E-state index in [9.17, 15) is 34.2 Å². The van der Waals surface area contributed by atoms with Crippen LogP contribution in [0.5, 0.6) is 11.5 Å². The molecule has 44 heavy (non-hydrogen) atoms. The summed E-state index contributed by atoms with van der Waals surface area (Å²) < 4.78 is 5.70. The number of likely N-dealkylation sites (N-methyl/N-ethyl adjacent to an activating group) is 1. The molecule has 1 amide bonds. The van der Waals surface area contributed by atoms with Crippen molar-refractivity contribution in [2.45, 2.75) is 44.9 Å². The number of ketones is 4. The van der Waals surface area contributed by atoms with Crippen molar-refractivity contribution < 1.29 is 38.9 Å². The Balaban J connectivity index is 1.64. The lowest BCUT2D eigenvalue weighted by atomic mass is 9.52. The van der Waals surface area contributed by atoms with Crippen molar-refractivity contribution in [3.8, 4) is 22.6 Å². The zero-order valence-electron chi connectivity index (χ0n) is 25.6. The maximum absolute atomic E-state index is 14.1. The van der Waals surface area contributed by atoms with Crippen molar-refractivity contribution in [2.75, 3.05) is 34.3 Å². The third-order valence-electron chi connectivity index (χ3n) is 9.80. The van der Waals surface area contributed by atoms with Crippen molar-refractivity contribution in [2.24, 2.45) is 29.4 Å². The van der Waals surface area contributed by atoms with E-state index < -0.39 is 64.4 Å². The number of Topliss-reactive ketones (excluding diaryl/α,β-unsaturated/α-hetero) is 4. The van der Waals surface area contributed by atoms with Gasteiger partial charge in [0.25, 0.3) is 0 Å². The van der Waals surface area contributed by atoms with Gasteiger partial charge in [0.1, 0.15) is 11.5 Å². The summed E-state index contributed by atoms with van der Waals surface area (Å²) in [7, 11) is 4.67. The molecule has 0 bridgehead atoms. The first-order valence-electron chi connectivity index (χ1n) is 14.9. The van der Waals surface area contributed by atoms with E-state index in [4.69, 9.17) is 10.5 Å². The van der Waals surface area contributed by atoms with Gasteiger partial charge >= 0.3 is 0 Å². The summed E-state index contributed by atoms with van der Waals surface area (Å²) in [4.78, 5) is 70.9. The second kappa shape index (κ2) is 11.5. The second-order valence-electron chi connectivity index (χ2n) is 12.3. The van der Waals surface area contributed by atoms with E-state index in [1.54, 1.807) is 27.3 Å². The van der Waals surface area contributed by atoms with Gasteiger partial charge in [0.2, 0.25) is 5.91 Å². The molecule has 3 aliphatic rings. The normalized spacial score (nSPS) is 28.1. The largest absolute Gasteiger partial charge is 0.507 e. The van der Waals surface area contributed by atoms with Gasteiger partial charge in [-0.1, -0.05) is 26.0 Å². The van der Waals surface area contributed by atoms with Crippen LogP contribution >= 0.6 is 0 Å². The molecule has 2 unspecified atom stereocenters. The molecule has 2 aromatic carbocycles. The molecule has 0 aliphatic heterocycles. The van der Waals surface area contributed by atoms with Crippen LogP contribution in [0.25, 0.3) is 11.1 Å². The fourth-order valence-corrected chi connectivity index (χ4v) is 7.63. The number of nitrogens with zero attached hydrogens (tertiary/aromatic N) is 2. The lowest BCUT2D eigenvalue weighted by molar-refractivity contribution is -0.181. The highest BCUT2D eigenvalue weighted by Gasteiger charge is 2.69. The molecule has 4 N–H and O–H groups in total. The van der Waals surface area contributed by atoms with Gasteiger partial charge in [0.15, 0.2) is 34.7 Å². The highest BCUT2D eigenvalue weighted by atomic mass is 16.5. The summed E-state index contributed by atoms with van der Waals surface area (Å²) in [5.74, 6) is -10.2. The second-order valence-corrected chi connectivity index (χ2v) is 12.3. The molecule has 2 saturated carbocycles. The van der Waals surface area contributed by atoms with E-state index in [0.717, 1.165) is 24.2 Å². The zero-order valence-corrected chi connectivity index (χ0v) is 25.6. The number of phenols is 1. The fourth-order valence-electron chi connectivity index (χ4n) is 7.63. The molecular formula is C33H39N3O8. The van der Waals surface area contributed by atoms with Crippen LogP contribution in [0.4, 0.5) is 0 Å². The van der Waals surface area contributed by atoms with Crippen molar-refractivity contribution >= 4 is 29.0 Å². The summed E-state index contributed by atoms with van der Waals surface area (Å²) in [6.07, 6.45) is 0.150. The molecule has 0 saturated heterocycles. The number of amides is 1. The summed E-state index contributed by atoms with van der Waals surface area (Å²) in [6, 6.07) is 7.79. The average Bonchev–Trinajstić information content (AvgIpc) is 2.97. The van der Waals surface area contributed by atoms with Gasteiger partial charge in [-0.2, -0.15) is 0 Å². The summed E-state index contributed by atoms with van der Waals surface area (Å²) in [5.41, 5.74) is 5.52. The van der Waals surface area contributed by atoms with E-state index in [1.807, 2.05) is 18.2 Å². The van der Waals surface area contributed by atoms with E-state index in [2.05, 4.69) is 18.7 Å². The highest BCUT2D eigenvalue weighted by molar-refractivity contribution is 6.32. The Kier molecular flexibility index (Phi) is 8.25. The minimum atomic E-state index is -2.76. The standard InChI is InChI=1S/C33H39N3O8/c1-6-36(7-2)15-16-8-11-23(44-5)19(12-16)18-9-10-22(37)25-20(18)13-17-14-21-27(35(3)4)29(39)26(32(34)42)31(41)33(21,43)30(40)24(17)28(25)38/h8-12,17,21,24,26-27,37,43H,6-7,13-15H2,1-5H3,(H2,34,42)/t17-,21-,24?,26?,27-,33-/m0/s1. The summed E-state index contributed by atoms with van der Waals surface area (Å²) in [5, 5.41) is 22.7. The molecule has 234 valence electrons. The van der Waals surface area contributed by atoms with Crippen molar-refractivity contribution in [1.82, 2.24) is 9.80 Å². The van der Waals surface area contributed by atoms with Crippen LogP contribution in [-0.2, 0) is 32.1 Å². The number of nitrogens with two attached hydrogens (primary N) is 1. The smallest absolute Gasteiger partial charge is 0.235 e. The first-order valence-corrected chi connectivity index (χ1v) is 14.9. The van der Waals surface area contributed by atoms with Gasteiger partial charge in [0.05, 0.1) is 24.6 Å². The van der Waals surface area contributed by atoms with Crippen LogP contribution in [0.2, 0.25) is 0 Å². The first-order chi connectivity index (χ1) is 20.8. The monoisotopic (exact) mass is 605 g/mol. The number of hydrogen-bond donors (Lipinski definition) is 3. The zero-order chi connectivity index (χ0) is 32.2. The number of fused-ring (bicyclic) bond motifs is 3. The fraction of sp³-hybridized carbons (Fsp3) is 0.485. The van der Waals surface area contributed by atoms with Crippen LogP contribution in [0, 0.1) is 23.7 Å². The molecule has 11 heteroatoms. The number of primary amides is 1. The predicted octanol–water partition coefficient (Wildman–Crippen LogP) is 1.38. The maximum atomic E-state index is 14.1. The van der Waals surface area contributed by atoms with Gasteiger partial charge in [-0.25, -0.2) is 0 Å².